The maximum atomic E-state index is 11.5. The number of likely N-dealkylation sites (N-methyl/N-ethyl adjacent to an activating group) is 1. The van der Waals surface area contributed by atoms with E-state index in [1.54, 1.807) is 13.1 Å². The molecule has 0 aromatic carbocycles. The number of carbonyl (C=O) groups is 1. The Balaban J connectivity index is 1.94. The van der Waals surface area contributed by atoms with Crippen LogP contribution in [0.5, 0.6) is 0 Å². The Hall–Kier alpha value is -2.48. The number of aromatic nitrogens is 4. The van der Waals surface area contributed by atoms with Crippen LogP contribution in [0.25, 0.3) is 0 Å². The number of nitrogens with one attached hydrogen (secondary N) is 1. The van der Waals surface area contributed by atoms with Gasteiger partial charge >= 0.3 is 5.97 Å². The van der Waals surface area contributed by atoms with E-state index in [0.717, 1.165) is 18.8 Å². The van der Waals surface area contributed by atoms with Gasteiger partial charge in [-0.3, -0.25) is 4.68 Å². The van der Waals surface area contributed by atoms with E-state index in [1.165, 1.54) is 12.4 Å². The number of hydrogen-bond acceptors (Lipinski definition) is 7. The quantitative estimate of drug-likeness (QED) is 0.768. The molecule has 8 heteroatoms. The molecule has 0 unspecified atom stereocenters. The Bertz CT molecular complexity index is 608. The van der Waals surface area contributed by atoms with Gasteiger partial charge in [-0.05, 0) is 21.0 Å². The topological polar surface area (TPSA) is 85.2 Å². The number of ether oxygens (including phenoxy) is 1. The van der Waals surface area contributed by atoms with Gasteiger partial charge in [0.2, 0.25) is 5.95 Å². The van der Waals surface area contributed by atoms with Crippen LogP contribution in [0.15, 0.2) is 24.8 Å². The van der Waals surface area contributed by atoms with Crippen LogP contribution in [-0.4, -0.2) is 57.9 Å². The van der Waals surface area contributed by atoms with E-state index in [9.17, 15) is 4.79 Å². The van der Waals surface area contributed by atoms with Gasteiger partial charge in [-0.25, -0.2) is 14.8 Å². The summed E-state index contributed by atoms with van der Waals surface area (Å²) in [7, 11) is 4.03. The highest BCUT2D eigenvalue weighted by molar-refractivity contribution is 5.88. The average Bonchev–Trinajstić information content (AvgIpc) is 2.94. The number of hydrogen-bond donors (Lipinski definition) is 1. The van der Waals surface area contributed by atoms with Crippen molar-refractivity contribution in [3.05, 3.63) is 30.4 Å². The summed E-state index contributed by atoms with van der Waals surface area (Å²) in [5.74, 6) is -0.0224. The normalized spacial score (nSPS) is 10.7. The minimum atomic E-state index is -0.425. The number of rotatable bonds is 7. The molecule has 0 atom stereocenters. The second kappa shape index (κ2) is 7.51. The van der Waals surface area contributed by atoms with E-state index in [4.69, 9.17) is 4.74 Å². The highest BCUT2D eigenvalue weighted by Crippen LogP contribution is 2.11. The van der Waals surface area contributed by atoms with Crippen LogP contribution in [0.3, 0.4) is 0 Å². The van der Waals surface area contributed by atoms with Gasteiger partial charge in [-0.2, -0.15) is 5.10 Å². The molecule has 0 radical (unpaired) electrons. The maximum Gasteiger partial charge on any atom is 0.341 e. The van der Waals surface area contributed by atoms with Crippen LogP contribution in [0, 0.1) is 0 Å². The summed E-state index contributed by atoms with van der Waals surface area (Å²) >= 11 is 0. The molecule has 0 amide bonds. The molecule has 0 fully saturated rings. The van der Waals surface area contributed by atoms with Crippen LogP contribution in [-0.2, 0) is 11.3 Å². The number of carbonyl (C=O) groups excluding carboxylic acids is 1. The first-order valence-electron chi connectivity index (χ1n) is 7.02. The molecule has 0 saturated carbocycles. The Labute approximate surface area is 129 Å². The highest BCUT2D eigenvalue weighted by Gasteiger charge is 2.08. The van der Waals surface area contributed by atoms with Gasteiger partial charge in [0.05, 0.1) is 30.6 Å². The van der Waals surface area contributed by atoms with Crippen molar-refractivity contribution in [2.24, 2.45) is 0 Å². The lowest BCUT2D eigenvalue weighted by molar-refractivity contribution is 0.0525. The Morgan fingerprint density at radius 1 is 1.32 bits per heavy atom. The monoisotopic (exact) mass is 304 g/mol. The molecular formula is C14H20N6O2. The standard InChI is InChI=1S/C14H20N6O2/c1-4-22-13(21)11-7-15-14(16-8-11)18-12-9-17-20(10-12)6-5-19(2)3/h7-10H,4-6H2,1-3H3,(H,15,16,18). The zero-order chi connectivity index (χ0) is 15.9. The SMILES string of the molecule is CCOC(=O)c1cnc(Nc2cnn(CCN(C)C)c2)nc1. The fraction of sp³-hybridized carbons (Fsp3) is 0.429. The van der Waals surface area contributed by atoms with Crippen molar-refractivity contribution < 1.29 is 9.53 Å². The van der Waals surface area contributed by atoms with Crippen molar-refractivity contribution >= 4 is 17.6 Å². The minimum Gasteiger partial charge on any atom is -0.462 e. The third kappa shape index (κ3) is 4.52. The summed E-state index contributed by atoms with van der Waals surface area (Å²) in [5.41, 5.74) is 1.12. The van der Waals surface area contributed by atoms with Gasteiger partial charge in [0.25, 0.3) is 0 Å². The van der Waals surface area contributed by atoms with Gasteiger partial charge in [0, 0.05) is 25.1 Å². The summed E-state index contributed by atoms with van der Waals surface area (Å²) in [6.07, 6.45) is 6.46. The van der Waals surface area contributed by atoms with Crippen molar-refractivity contribution in [3.63, 3.8) is 0 Å². The van der Waals surface area contributed by atoms with Crippen LogP contribution in [0.2, 0.25) is 0 Å². The van der Waals surface area contributed by atoms with Crippen molar-refractivity contribution in [1.29, 1.82) is 0 Å². The lowest BCUT2D eigenvalue weighted by atomic mass is 10.3. The molecule has 2 aromatic heterocycles. The number of esters is 1. The number of nitrogens with zero attached hydrogens (tertiary/aromatic N) is 5. The molecule has 2 rings (SSSR count). The molecule has 8 nitrogen and oxygen atoms in total. The van der Waals surface area contributed by atoms with Crippen molar-refractivity contribution in [1.82, 2.24) is 24.6 Å². The molecule has 0 aliphatic rings. The molecular weight excluding hydrogens is 284 g/mol. The fourth-order valence-corrected chi connectivity index (χ4v) is 1.69. The zero-order valence-electron chi connectivity index (χ0n) is 13.0. The predicted octanol–water partition coefficient (Wildman–Crippen LogP) is 1.15. The highest BCUT2D eigenvalue weighted by atomic mass is 16.5. The smallest absolute Gasteiger partial charge is 0.341 e. The van der Waals surface area contributed by atoms with Gasteiger partial charge in [-0.15, -0.1) is 0 Å². The first-order chi connectivity index (χ1) is 10.6. The molecule has 0 aliphatic carbocycles. The van der Waals surface area contributed by atoms with Gasteiger partial charge in [-0.1, -0.05) is 0 Å². The van der Waals surface area contributed by atoms with Crippen LogP contribution >= 0.6 is 0 Å². The third-order valence-electron chi connectivity index (χ3n) is 2.83. The lowest BCUT2D eigenvalue weighted by Gasteiger charge is -2.08. The molecule has 0 saturated heterocycles. The third-order valence-corrected chi connectivity index (χ3v) is 2.83. The van der Waals surface area contributed by atoms with E-state index in [2.05, 4.69) is 25.3 Å². The molecule has 2 aromatic rings. The molecule has 118 valence electrons. The summed E-state index contributed by atoms with van der Waals surface area (Å²) in [4.78, 5) is 21.8. The second-order valence-electron chi connectivity index (χ2n) is 4.94. The molecule has 0 aliphatic heterocycles. The lowest BCUT2D eigenvalue weighted by Crippen LogP contribution is -2.18. The van der Waals surface area contributed by atoms with Crippen LogP contribution in [0.1, 0.15) is 17.3 Å². The Morgan fingerprint density at radius 2 is 2.05 bits per heavy atom. The molecule has 22 heavy (non-hydrogen) atoms. The minimum absolute atomic E-state index is 0.324. The second-order valence-corrected chi connectivity index (χ2v) is 4.94. The van der Waals surface area contributed by atoms with E-state index >= 15 is 0 Å². The van der Waals surface area contributed by atoms with Gasteiger partial charge < -0.3 is 15.0 Å². The largest absolute Gasteiger partial charge is 0.462 e. The van der Waals surface area contributed by atoms with E-state index < -0.39 is 5.97 Å². The van der Waals surface area contributed by atoms with E-state index in [-0.39, 0.29) is 0 Å². The summed E-state index contributed by atoms with van der Waals surface area (Å²) in [6, 6.07) is 0. The van der Waals surface area contributed by atoms with Crippen LogP contribution < -0.4 is 5.32 Å². The molecule has 1 N–H and O–H groups in total. The zero-order valence-corrected chi connectivity index (χ0v) is 13.0. The fourth-order valence-electron chi connectivity index (χ4n) is 1.69. The van der Waals surface area contributed by atoms with Crippen LogP contribution in [0.4, 0.5) is 11.6 Å². The average molecular weight is 304 g/mol. The van der Waals surface area contributed by atoms with Crippen molar-refractivity contribution in [3.8, 4) is 0 Å². The Morgan fingerprint density at radius 3 is 2.68 bits per heavy atom. The predicted molar refractivity (Wildman–Crippen MR) is 82.1 cm³/mol. The molecule has 0 spiro atoms. The summed E-state index contributed by atoms with van der Waals surface area (Å²) in [5, 5.41) is 7.29. The Kier molecular flexibility index (Phi) is 5.42. The van der Waals surface area contributed by atoms with Gasteiger partial charge in [0.1, 0.15) is 0 Å². The number of anilines is 2. The van der Waals surface area contributed by atoms with E-state index in [0.29, 0.717) is 18.1 Å². The maximum absolute atomic E-state index is 11.5. The first kappa shape index (κ1) is 15.9. The summed E-state index contributed by atoms with van der Waals surface area (Å²) < 4.78 is 6.72. The van der Waals surface area contributed by atoms with E-state index in [1.807, 2.05) is 25.0 Å². The van der Waals surface area contributed by atoms with Crippen molar-refractivity contribution in [2.45, 2.75) is 13.5 Å². The van der Waals surface area contributed by atoms with Gasteiger partial charge in [0.15, 0.2) is 0 Å². The molecule has 2 heterocycles. The van der Waals surface area contributed by atoms with Crippen molar-refractivity contribution in [2.75, 3.05) is 32.6 Å². The molecule has 0 bridgehead atoms. The first-order valence-corrected chi connectivity index (χ1v) is 7.02. The summed E-state index contributed by atoms with van der Waals surface area (Å²) in [6.45, 7) is 3.79.